The molecule has 0 saturated carbocycles. The maximum atomic E-state index is 14.4. The van der Waals surface area contributed by atoms with Gasteiger partial charge in [-0.2, -0.15) is 0 Å². The van der Waals surface area contributed by atoms with Crippen LogP contribution in [0.15, 0.2) is 18.2 Å². The van der Waals surface area contributed by atoms with E-state index in [1.807, 2.05) is 12.1 Å². The predicted molar refractivity (Wildman–Crippen MR) is 96.4 cm³/mol. The van der Waals surface area contributed by atoms with E-state index in [1.165, 1.54) is 5.56 Å². The molecule has 0 radical (unpaired) electrons. The molecule has 2 aromatic rings. The zero-order valence-electron chi connectivity index (χ0n) is 15.0. The maximum absolute atomic E-state index is 14.4. The lowest BCUT2D eigenvalue weighted by Gasteiger charge is -2.34. The number of aromatic amines is 1. The lowest BCUT2D eigenvalue weighted by Crippen LogP contribution is -2.43. The van der Waals surface area contributed by atoms with Gasteiger partial charge in [-0.25, -0.2) is 9.37 Å². The topological polar surface area (TPSA) is 44.4 Å². The number of alkyl halides is 1. The number of fused-ring (bicyclic) bond motifs is 1. The number of ether oxygens (including phenoxy) is 1. The fraction of sp³-hybridized carbons (Fsp3) is 0.632. The highest BCUT2D eigenvalue weighted by Gasteiger charge is 2.37. The summed E-state index contributed by atoms with van der Waals surface area (Å²) >= 11 is 0. The maximum Gasteiger partial charge on any atom is 0.140 e. The van der Waals surface area contributed by atoms with Crippen LogP contribution in [0.5, 0.6) is 0 Å². The standard InChI is InChI=1S/C19H27FN4O/c1-13-3-4-16-17(9-13)22-19(21-16)12-25-18-11-24(10-15(18)20)14-5-7-23(2)8-6-14/h3-4,9,14-15,18H,5-8,10-12H2,1-2H3,(H,21,22). The third kappa shape index (κ3) is 3.71. The molecule has 6 heteroatoms. The summed E-state index contributed by atoms with van der Waals surface area (Å²) in [6, 6.07) is 6.61. The lowest BCUT2D eigenvalue weighted by molar-refractivity contribution is 0.00683. The van der Waals surface area contributed by atoms with Gasteiger partial charge in [0.25, 0.3) is 0 Å². The van der Waals surface area contributed by atoms with Crippen LogP contribution in [0.25, 0.3) is 11.0 Å². The second-order valence-electron chi connectivity index (χ2n) is 7.56. The molecular weight excluding hydrogens is 319 g/mol. The monoisotopic (exact) mass is 346 g/mol. The van der Waals surface area contributed by atoms with Crippen LogP contribution in [-0.4, -0.2) is 71.3 Å². The lowest BCUT2D eigenvalue weighted by atomic mass is 10.0. The first-order valence-corrected chi connectivity index (χ1v) is 9.22. The van der Waals surface area contributed by atoms with Crippen LogP contribution in [0.1, 0.15) is 24.2 Å². The molecule has 1 aromatic carbocycles. The summed E-state index contributed by atoms with van der Waals surface area (Å²) in [5.74, 6) is 0.769. The molecule has 0 aliphatic carbocycles. The van der Waals surface area contributed by atoms with Crippen molar-refractivity contribution in [2.45, 2.75) is 44.7 Å². The van der Waals surface area contributed by atoms with Gasteiger partial charge in [-0.3, -0.25) is 4.90 Å². The first-order valence-electron chi connectivity index (χ1n) is 9.22. The Morgan fingerprint density at radius 1 is 1.28 bits per heavy atom. The Hall–Kier alpha value is -1.50. The molecule has 136 valence electrons. The van der Waals surface area contributed by atoms with Gasteiger partial charge in [0.05, 0.1) is 11.0 Å². The Labute approximate surface area is 148 Å². The van der Waals surface area contributed by atoms with Crippen LogP contribution in [0.2, 0.25) is 0 Å². The minimum Gasteiger partial charge on any atom is -0.366 e. The molecule has 0 amide bonds. The molecule has 2 aliphatic rings. The number of hydrogen-bond donors (Lipinski definition) is 1. The van der Waals surface area contributed by atoms with Crippen molar-refractivity contribution in [1.82, 2.24) is 19.8 Å². The van der Waals surface area contributed by atoms with Crippen molar-refractivity contribution in [3.63, 3.8) is 0 Å². The average Bonchev–Trinajstić information content (AvgIpc) is 3.16. The summed E-state index contributed by atoms with van der Waals surface area (Å²) < 4.78 is 20.3. The molecule has 25 heavy (non-hydrogen) atoms. The van der Waals surface area contributed by atoms with Gasteiger partial charge in [0, 0.05) is 19.1 Å². The minimum atomic E-state index is -0.911. The van der Waals surface area contributed by atoms with Gasteiger partial charge < -0.3 is 14.6 Å². The Morgan fingerprint density at radius 3 is 2.88 bits per heavy atom. The zero-order chi connectivity index (χ0) is 17.4. The second-order valence-corrected chi connectivity index (χ2v) is 7.56. The highest BCUT2D eigenvalue weighted by molar-refractivity contribution is 5.75. The van der Waals surface area contributed by atoms with E-state index in [0.717, 1.165) is 42.8 Å². The van der Waals surface area contributed by atoms with Crippen molar-refractivity contribution in [3.05, 3.63) is 29.6 Å². The molecule has 0 spiro atoms. The van der Waals surface area contributed by atoms with Crippen LogP contribution >= 0.6 is 0 Å². The predicted octanol–water partition coefficient (Wildman–Crippen LogP) is 2.50. The summed E-state index contributed by atoms with van der Waals surface area (Å²) in [5, 5.41) is 0. The summed E-state index contributed by atoms with van der Waals surface area (Å²) in [5.41, 5.74) is 3.13. The molecule has 0 bridgehead atoms. The fourth-order valence-electron chi connectivity index (χ4n) is 4.01. The Bertz CT molecular complexity index is 725. The normalized spacial score (nSPS) is 26.7. The Balaban J connectivity index is 1.34. The largest absolute Gasteiger partial charge is 0.366 e. The number of rotatable bonds is 4. The van der Waals surface area contributed by atoms with Crippen molar-refractivity contribution in [1.29, 1.82) is 0 Å². The van der Waals surface area contributed by atoms with Crippen molar-refractivity contribution in [3.8, 4) is 0 Å². The number of aryl methyl sites for hydroxylation is 1. The smallest absolute Gasteiger partial charge is 0.140 e. The number of halogens is 1. The van der Waals surface area contributed by atoms with Crippen LogP contribution in [0.4, 0.5) is 4.39 Å². The van der Waals surface area contributed by atoms with Crippen molar-refractivity contribution in [2.24, 2.45) is 0 Å². The van der Waals surface area contributed by atoms with Gasteiger partial charge in [0.1, 0.15) is 24.7 Å². The zero-order valence-corrected chi connectivity index (χ0v) is 15.0. The van der Waals surface area contributed by atoms with Gasteiger partial charge in [-0.15, -0.1) is 0 Å². The van der Waals surface area contributed by atoms with E-state index in [4.69, 9.17) is 4.74 Å². The van der Waals surface area contributed by atoms with Gasteiger partial charge >= 0.3 is 0 Å². The second kappa shape index (κ2) is 7.02. The molecule has 2 fully saturated rings. The number of benzene rings is 1. The SMILES string of the molecule is Cc1ccc2nc(COC3CN(C4CCN(C)CC4)CC3F)[nH]c2c1. The minimum absolute atomic E-state index is 0.333. The number of piperidine rings is 1. The van der Waals surface area contributed by atoms with Crippen LogP contribution in [0, 0.1) is 6.92 Å². The Morgan fingerprint density at radius 2 is 2.08 bits per heavy atom. The van der Waals surface area contributed by atoms with Crippen LogP contribution < -0.4 is 0 Å². The summed E-state index contributed by atoms with van der Waals surface area (Å²) in [6.45, 7) is 5.78. The first-order chi connectivity index (χ1) is 12.1. The molecular formula is C19H27FN4O. The molecule has 1 aromatic heterocycles. The van der Waals surface area contributed by atoms with E-state index in [2.05, 4.69) is 39.8 Å². The number of likely N-dealkylation sites (tertiary alicyclic amines) is 2. The molecule has 2 atom stereocenters. The van der Waals surface area contributed by atoms with E-state index in [1.54, 1.807) is 0 Å². The number of H-pyrrole nitrogens is 1. The van der Waals surface area contributed by atoms with Gasteiger partial charge in [-0.05, 0) is 57.6 Å². The van der Waals surface area contributed by atoms with Gasteiger partial charge in [-0.1, -0.05) is 6.07 Å². The molecule has 3 heterocycles. The highest BCUT2D eigenvalue weighted by atomic mass is 19.1. The molecule has 2 unspecified atom stereocenters. The van der Waals surface area contributed by atoms with E-state index >= 15 is 0 Å². The molecule has 5 nitrogen and oxygen atoms in total. The average molecular weight is 346 g/mol. The fourth-order valence-corrected chi connectivity index (χ4v) is 4.01. The first kappa shape index (κ1) is 16.9. The summed E-state index contributed by atoms with van der Waals surface area (Å²) in [7, 11) is 2.15. The number of nitrogens with one attached hydrogen (secondary N) is 1. The molecule has 4 rings (SSSR count). The number of nitrogens with zero attached hydrogens (tertiary/aromatic N) is 3. The highest BCUT2D eigenvalue weighted by Crippen LogP contribution is 2.25. The third-order valence-electron chi connectivity index (χ3n) is 5.55. The van der Waals surface area contributed by atoms with Gasteiger partial charge in [0.2, 0.25) is 0 Å². The number of imidazole rings is 1. The van der Waals surface area contributed by atoms with E-state index in [0.29, 0.717) is 25.7 Å². The van der Waals surface area contributed by atoms with Crippen LogP contribution in [-0.2, 0) is 11.3 Å². The van der Waals surface area contributed by atoms with Crippen molar-refractivity contribution < 1.29 is 9.13 Å². The summed E-state index contributed by atoms with van der Waals surface area (Å²) in [4.78, 5) is 12.4. The number of hydrogen-bond acceptors (Lipinski definition) is 4. The third-order valence-corrected chi connectivity index (χ3v) is 5.55. The van der Waals surface area contributed by atoms with E-state index in [-0.39, 0.29) is 6.10 Å². The summed E-state index contributed by atoms with van der Waals surface area (Å²) in [6.07, 6.45) is 0.985. The Kier molecular flexibility index (Phi) is 4.75. The van der Waals surface area contributed by atoms with Crippen molar-refractivity contribution >= 4 is 11.0 Å². The molecule has 1 N–H and O–H groups in total. The molecule has 2 aliphatic heterocycles. The quantitative estimate of drug-likeness (QED) is 0.924. The van der Waals surface area contributed by atoms with Crippen LogP contribution in [0.3, 0.4) is 0 Å². The number of aromatic nitrogens is 2. The van der Waals surface area contributed by atoms with Gasteiger partial charge in [0.15, 0.2) is 0 Å². The van der Waals surface area contributed by atoms with E-state index in [9.17, 15) is 4.39 Å². The van der Waals surface area contributed by atoms with E-state index < -0.39 is 6.17 Å². The van der Waals surface area contributed by atoms with Crippen molar-refractivity contribution in [2.75, 3.05) is 33.2 Å². The molecule has 2 saturated heterocycles.